The standard InChI is InChI=1S/C18H22N2OS.ClH/c1-19-12-14-8-5-6-9-15(14)20-18(21)17-11-13-7-3-2-4-10-16(13)22-17;/h5-6,8-9,11,19H,2-4,7,10,12H2,1H3,(H,20,21);1H. The highest BCUT2D eigenvalue weighted by Gasteiger charge is 2.17. The summed E-state index contributed by atoms with van der Waals surface area (Å²) < 4.78 is 0. The van der Waals surface area contributed by atoms with E-state index in [0.29, 0.717) is 0 Å². The Bertz CT molecular complexity index is 645. The molecule has 5 heteroatoms. The van der Waals surface area contributed by atoms with Crippen LogP contribution >= 0.6 is 23.7 Å². The average molecular weight is 351 g/mol. The van der Waals surface area contributed by atoms with Crippen molar-refractivity contribution in [3.8, 4) is 0 Å². The van der Waals surface area contributed by atoms with Gasteiger partial charge in [-0.1, -0.05) is 24.6 Å². The van der Waals surface area contributed by atoms with Crippen molar-refractivity contribution in [3.05, 3.63) is 51.2 Å². The van der Waals surface area contributed by atoms with Crippen LogP contribution in [0.3, 0.4) is 0 Å². The summed E-state index contributed by atoms with van der Waals surface area (Å²) in [6.45, 7) is 0.747. The van der Waals surface area contributed by atoms with Crippen LogP contribution in [-0.2, 0) is 19.4 Å². The molecule has 0 saturated carbocycles. The van der Waals surface area contributed by atoms with Crippen molar-refractivity contribution in [2.24, 2.45) is 0 Å². The molecule has 1 aromatic carbocycles. The minimum Gasteiger partial charge on any atom is -0.321 e. The van der Waals surface area contributed by atoms with Crippen molar-refractivity contribution < 1.29 is 4.79 Å². The molecule has 1 amide bonds. The van der Waals surface area contributed by atoms with Crippen LogP contribution in [0.5, 0.6) is 0 Å². The van der Waals surface area contributed by atoms with Gasteiger partial charge >= 0.3 is 0 Å². The molecule has 124 valence electrons. The van der Waals surface area contributed by atoms with E-state index in [9.17, 15) is 4.79 Å². The molecule has 0 aliphatic heterocycles. The molecular weight excluding hydrogens is 328 g/mol. The zero-order valence-corrected chi connectivity index (χ0v) is 15.0. The van der Waals surface area contributed by atoms with E-state index in [1.807, 2.05) is 31.3 Å². The SMILES string of the molecule is CNCc1ccccc1NC(=O)c1cc2c(s1)CCCCC2.Cl. The lowest BCUT2D eigenvalue weighted by atomic mass is 10.1. The molecule has 1 aliphatic rings. The van der Waals surface area contributed by atoms with Gasteiger partial charge in [-0.15, -0.1) is 23.7 Å². The van der Waals surface area contributed by atoms with Crippen LogP contribution in [0.25, 0.3) is 0 Å². The van der Waals surface area contributed by atoms with Crippen molar-refractivity contribution in [3.63, 3.8) is 0 Å². The molecule has 1 heterocycles. The Morgan fingerprint density at radius 1 is 1.17 bits per heavy atom. The molecule has 3 nitrogen and oxygen atoms in total. The Kier molecular flexibility index (Phi) is 6.63. The zero-order valence-electron chi connectivity index (χ0n) is 13.4. The number of halogens is 1. The van der Waals surface area contributed by atoms with Gasteiger partial charge in [-0.3, -0.25) is 4.79 Å². The van der Waals surface area contributed by atoms with Gasteiger partial charge in [0.25, 0.3) is 5.91 Å². The second kappa shape index (κ2) is 8.48. The summed E-state index contributed by atoms with van der Waals surface area (Å²) >= 11 is 1.67. The molecule has 0 spiro atoms. The maximum Gasteiger partial charge on any atom is 0.265 e. The summed E-state index contributed by atoms with van der Waals surface area (Å²) in [5.41, 5.74) is 3.39. The van der Waals surface area contributed by atoms with Gasteiger partial charge in [0.2, 0.25) is 0 Å². The molecule has 0 saturated heterocycles. The predicted molar refractivity (Wildman–Crippen MR) is 100.0 cm³/mol. The van der Waals surface area contributed by atoms with Gasteiger partial charge in [-0.05, 0) is 56.0 Å². The van der Waals surface area contributed by atoms with Crippen LogP contribution in [0.2, 0.25) is 0 Å². The molecule has 3 rings (SSSR count). The Labute approximate surface area is 147 Å². The number of carbonyl (C=O) groups excluding carboxylic acids is 1. The summed E-state index contributed by atoms with van der Waals surface area (Å²) in [5, 5.41) is 6.20. The molecule has 0 unspecified atom stereocenters. The van der Waals surface area contributed by atoms with Gasteiger partial charge in [0.1, 0.15) is 0 Å². The number of hydrogen-bond donors (Lipinski definition) is 2. The number of hydrogen-bond acceptors (Lipinski definition) is 3. The number of para-hydroxylation sites is 1. The number of thiophene rings is 1. The third kappa shape index (κ3) is 4.34. The van der Waals surface area contributed by atoms with E-state index in [1.54, 1.807) is 11.3 Å². The van der Waals surface area contributed by atoms with Crippen LogP contribution in [-0.4, -0.2) is 13.0 Å². The molecule has 2 aromatic rings. The predicted octanol–water partition coefficient (Wildman–Crippen LogP) is 4.41. The normalized spacial score (nSPS) is 13.6. The first kappa shape index (κ1) is 18.0. The number of benzene rings is 1. The average Bonchev–Trinajstić information content (AvgIpc) is 2.81. The van der Waals surface area contributed by atoms with Gasteiger partial charge in [-0.25, -0.2) is 0 Å². The monoisotopic (exact) mass is 350 g/mol. The van der Waals surface area contributed by atoms with E-state index in [2.05, 4.69) is 16.7 Å². The van der Waals surface area contributed by atoms with Crippen molar-refractivity contribution in [2.45, 2.75) is 38.6 Å². The lowest BCUT2D eigenvalue weighted by Gasteiger charge is -2.09. The molecule has 0 fully saturated rings. The third-order valence-electron chi connectivity index (χ3n) is 4.10. The number of nitrogens with one attached hydrogen (secondary N) is 2. The summed E-state index contributed by atoms with van der Waals surface area (Å²) in [5.74, 6) is 0.0154. The van der Waals surface area contributed by atoms with Crippen LogP contribution < -0.4 is 10.6 Å². The van der Waals surface area contributed by atoms with Gasteiger partial charge < -0.3 is 10.6 Å². The number of rotatable bonds is 4. The lowest BCUT2D eigenvalue weighted by molar-refractivity contribution is 0.103. The van der Waals surface area contributed by atoms with Crippen molar-refractivity contribution in [1.29, 1.82) is 0 Å². The number of aryl methyl sites for hydroxylation is 2. The van der Waals surface area contributed by atoms with Crippen LogP contribution in [0.15, 0.2) is 30.3 Å². The molecule has 1 aliphatic carbocycles. The van der Waals surface area contributed by atoms with Gasteiger partial charge in [0.15, 0.2) is 0 Å². The summed E-state index contributed by atoms with van der Waals surface area (Å²) in [4.78, 5) is 14.8. The second-order valence-corrected chi connectivity index (χ2v) is 6.90. The van der Waals surface area contributed by atoms with Crippen molar-refractivity contribution >= 4 is 35.3 Å². The maximum absolute atomic E-state index is 12.6. The van der Waals surface area contributed by atoms with Gasteiger partial charge in [0.05, 0.1) is 4.88 Å². The van der Waals surface area contributed by atoms with Gasteiger partial charge in [-0.2, -0.15) is 0 Å². The smallest absolute Gasteiger partial charge is 0.265 e. The summed E-state index contributed by atoms with van der Waals surface area (Å²) in [7, 11) is 1.91. The molecule has 0 atom stereocenters. The van der Waals surface area contributed by atoms with E-state index >= 15 is 0 Å². The molecule has 0 bridgehead atoms. The quantitative estimate of drug-likeness (QED) is 0.802. The van der Waals surface area contributed by atoms with Gasteiger partial charge in [0, 0.05) is 17.1 Å². The highest BCUT2D eigenvalue weighted by molar-refractivity contribution is 7.14. The van der Waals surface area contributed by atoms with E-state index in [-0.39, 0.29) is 18.3 Å². The lowest BCUT2D eigenvalue weighted by Crippen LogP contribution is -2.14. The maximum atomic E-state index is 12.6. The zero-order chi connectivity index (χ0) is 15.4. The number of fused-ring (bicyclic) bond motifs is 1. The van der Waals surface area contributed by atoms with Crippen molar-refractivity contribution in [2.75, 3.05) is 12.4 Å². The minimum atomic E-state index is 0. The first-order valence-electron chi connectivity index (χ1n) is 7.93. The molecule has 0 radical (unpaired) electrons. The highest BCUT2D eigenvalue weighted by atomic mass is 35.5. The van der Waals surface area contributed by atoms with E-state index < -0.39 is 0 Å². The number of amides is 1. The molecule has 23 heavy (non-hydrogen) atoms. The Hall–Kier alpha value is -1.36. The highest BCUT2D eigenvalue weighted by Crippen LogP contribution is 2.29. The first-order chi connectivity index (χ1) is 10.8. The van der Waals surface area contributed by atoms with Crippen LogP contribution in [0, 0.1) is 0 Å². The van der Waals surface area contributed by atoms with Crippen LogP contribution in [0.4, 0.5) is 5.69 Å². The van der Waals surface area contributed by atoms with E-state index in [4.69, 9.17) is 0 Å². The van der Waals surface area contributed by atoms with Crippen LogP contribution in [0.1, 0.15) is 44.9 Å². The minimum absolute atomic E-state index is 0. The Balaban J connectivity index is 0.00000192. The van der Waals surface area contributed by atoms with E-state index in [0.717, 1.165) is 35.5 Å². The fraction of sp³-hybridized carbons (Fsp3) is 0.389. The first-order valence-corrected chi connectivity index (χ1v) is 8.75. The molecular formula is C18H23ClN2OS. The number of anilines is 1. The molecule has 1 aromatic heterocycles. The fourth-order valence-corrected chi connectivity index (χ4v) is 4.10. The topological polar surface area (TPSA) is 41.1 Å². The largest absolute Gasteiger partial charge is 0.321 e. The molecule has 2 N–H and O–H groups in total. The number of carbonyl (C=O) groups is 1. The Morgan fingerprint density at radius 2 is 1.96 bits per heavy atom. The third-order valence-corrected chi connectivity index (χ3v) is 5.34. The Morgan fingerprint density at radius 3 is 2.78 bits per heavy atom. The second-order valence-electron chi connectivity index (χ2n) is 5.76. The fourth-order valence-electron chi connectivity index (χ4n) is 2.95. The van der Waals surface area contributed by atoms with E-state index in [1.165, 1.54) is 29.7 Å². The van der Waals surface area contributed by atoms with Crippen molar-refractivity contribution in [1.82, 2.24) is 5.32 Å². The summed E-state index contributed by atoms with van der Waals surface area (Å²) in [6, 6.07) is 10.0. The summed E-state index contributed by atoms with van der Waals surface area (Å²) in [6.07, 6.45) is 6.05.